The standard InChI is InChI=1S/C27H27N3O2/c1-4-30-25(27(31)28-19(2)20-12-7-5-8-13-20)24(22-16-11-17-23(18-22)32-3)29-26(30)21-14-9-6-10-15-21/h5-19H,4H2,1-3H3,(H,28,31)/t19-/m0/s1. The Morgan fingerprint density at radius 2 is 1.62 bits per heavy atom. The zero-order valence-corrected chi connectivity index (χ0v) is 18.6. The van der Waals surface area contributed by atoms with E-state index < -0.39 is 0 Å². The second kappa shape index (κ2) is 9.52. The summed E-state index contributed by atoms with van der Waals surface area (Å²) in [5, 5.41) is 3.16. The number of rotatable bonds is 7. The van der Waals surface area contributed by atoms with Crippen LogP contribution in [0, 0.1) is 0 Å². The van der Waals surface area contributed by atoms with Gasteiger partial charge >= 0.3 is 0 Å². The lowest BCUT2D eigenvalue weighted by Crippen LogP contribution is -2.29. The van der Waals surface area contributed by atoms with Crippen molar-refractivity contribution in [3.05, 3.63) is 96.2 Å². The molecule has 4 aromatic rings. The minimum Gasteiger partial charge on any atom is -0.497 e. The largest absolute Gasteiger partial charge is 0.497 e. The van der Waals surface area contributed by atoms with Crippen LogP contribution in [-0.4, -0.2) is 22.6 Å². The number of carbonyl (C=O) groups excluding carboxylic acids is 1. The van der Waals surface area contributed by atoms with E-state index in [0.29, 0.717) is 17.9 Å². The monoisotopic (exact) mass is 425 g/mol. The van der Waals surface area contributed by atoms with E-state index in [0.717, 1.165) is 28.3 Å². The van der Waals surface area contributed by atoms with Crippen LogP contribution in [0.4, 0.5) is 0 Å². The first-order valence-corrected chi connectivity index (χ1v) is 10.8. The maximum absolute atomic E-state index is 13.6. The topological polar surface area (TPSA) is 56.2 Å². The lowest BCUT2D eigenvalue weighted by molar-refractivity contribution is 0.0931. The summed E-state index contributed by atoms with van der Waals surface area (Å²) in [5.74, 6) is 1.33. The van der Waals surface area contributed by atoms with Gasteiger partial charge in [-0.2, -0.15) is 0 Å². The summed E-state index contributed by atoms with van der Waals surface area (Å²) in [6.45, 7) is 4.63. The SMILES string of the molecule is CCn1c(-c2ccccc2)nc(-c2cccc(OC)c2)c1C(=O)N[C@@H](C)c1ccccc1. The molecule has 0 aliphatic heterocycles. The van der Waals surface area contributed by atoms with Gasteiger partial charge in [-0.25, -0.2) is 4.98 Å². The van der Waals surface area contributed by atoms with E-state index in [1.54, 1.807) is 7.11 Å². The molecule has 0 aliphatic rings. The van der Waals surface area contributed by atoms with Crippen molar-refractivity contribution >= 4 is 5.91 Å². The fourth-order valence-corrected chi connectivity index (χ4v) is 3.86. The van der Waals surface area contributed by atoms with Gasteiger partial charge in [0.2, 0.25) is 0 Å². The van der Waals surface area contributed by atoms with Crippen molar-refractivity contribution < 1.29 is 9.53 Å². The molecule has 0 spiro atoms. The second-order valence-corrected chi connectivity index (χ2v) is 7.58. The number of ether oxygens (including phenoxy) is 1. The Morgan fingerprint density at radius 1 is 0.969 bits per heavy atom. The van der Waals surface area contributed by atoms with Gasteiger partial charge in [-0.3, -0.25) is 4.79 Å². The number of hydrogen-bond acceptors (Lipinski definition) is 3. The quantitative estimate of drug-likeness (QED) is 0.411. The highest BCUT2D eigenvalue weighted by Gasteiger charge is 2.25. The molecule has 1 amide bonds. The number of amides is 1. The van der Waals surface area contributed by atoms with Crippen LogP contribution in [0.15, 0.2) is 84.9 Å². The van der Waals surface area contributed by atoms with Crippen LogP contribution in [0.1, 0.15) is 35.9 Å². The van der Waals surface area contributed by atoms with Crippen LogP contribution < -0.4 is 10.1 Å². The Balaban J connectivity index is 1.83. The van der Waals surface area contributed by atoms with Crippen molar-refractivity contribution in [1.82, 2.24) is 14.9 Å². The molecule has 162 valence electrons. The molecule has 1 aromatic heterocycles. The predicted molar refractivity (Wildman–Crippen MR) is 128 cm³/mol. The molecule has 5 heteroatoms. The lowest BCUT2D eigenvalue weighted by atomic mass is 10.1. The minimum atomic E-state index is -0.157. The Hall–Kier alpha value is -3.86. The smallest absolute Gasteiger partial charge is 0.270 e. The van der Waals surface area contributed by atoms with Crippen LogP contribution in [0.3, 0.4) is 0 Å². The fourth-order valence-electron chi connectivity index (χ4n) is 3.86. The molecule has 1 heterocycles. The van der Waals surface area contributed by atoms with Crippen molar-refractivity contribution in [3.8, 4) is 28.4 Å². The van der Waals surface area contributed by atoms with E-state index in [2.05, 4.69) is 5.32 Å². The molecular weight excluding hydrogens is 398 g/mol. The summed E-state index contributed by atoms with van der Waals surface area (Å²) in [7, 11) is 1.63. The molecule has 0 fully saturated rings. The molecule has 0 radical (unpaired) electrons. The van der Waals surface area contributed by atoms with Crippen LogP contribution >= 0.6 is 0 Å². The number of methoxy groups -OCH3 is 1. The van der Waals surface area contributed by atoms with Crippen molar-refractivity contribution in [2.75, 3.05) is 7.11 Å². The van der Waals surface area contributed by atoms with Crippen molar-refractivity contribution in [1.29, 1.82) is 0 Å². The summed E-state index contributed by atoms with van der Waals surface area (Å²) in [6.07, 6.45) is 0. The maximum atomic E-state index is 13.6. The highest BCUT2D eigenvalue weighted by Crippen LogP contribution is 2.31. The third-order valence-corrected chi connectivity index (χ3v) is 5.52. The van der Waals surface area contributed by atoms with Gasteiger partial charge in [-0.1, -0.05) is 72.8 Å². The third kappa shape index (κ3) is 4.28. The Morgan fingerprint density at radius 3 is 2.28 bits per heavy atom. The second-order valence-electron chi connectivity index (χ2n) is 7.58. The van der Waals surface area contributed by atoms with E-state index in [9.17, 15) is 4.79 Å². The van der Waals surface area contributed by atoms with Crippen LogP contribution in [0.5, 0.6) is 5.75 Å². The first kappa shape index (κ1) is 21.4. The number of imidazole rings is 1. The predicted octanol–water partition coefficient (Wildman–Crippen LogP) is 5.74. The van der Waals surface area contributed by atoms with E-state index in [1.165, 1.54) is 0 Å². The maximum Gasteiger partial charge on any atom is 0.270 e. The first-order valence-electron chi connectivity index (χ1n) is 10.8. The van der Waals surface area contributed by atoms with E-state index >= 15 is 0 Å². The number of nitrogens with zero attached hydrogens (tertiary/aromatic N) is 2. The molecule has 3 aromatic carbocycles. The number of hydrogen-bond donors (Lipinski definition) is 1. The summed E-state index contributed by atoms with van der Waals surface area (Å²) in [4.78, 5) is 18.5. The Kier molecular flexibility index (Phi) is 6.36. The lowest BCUT2D eigenvalue weighted by Gasteiger charge is -2.16. The molecule has 4 rings (SSSR count). The van der Waals surface area contributed by atoms with Crippen LogP contribution in [-0.2, 0) is 6.54 Å². The van der Waals surface area contributed by atoms with Crippen LogP contribution in [0.2, 0.25) is 0 Å². The van der Waals surface area contributed by atoms with Crippen molar-refractivity contribution in [2.45, 2.75) is 26.4 Å². The van der Waals surface area contributed by atoms with Gasteiger partial charge in [0, 0.05) is 17.7 Å². The van der Waals surface area contributed by atoms with Gasteiger partial charge in [0.05, 0.1) is 13.2 Å². The number of nitrogens with one attached hydrogen (secondary N) is 1. The van der Waals surface area contributed by atoms with Gasteiger partial charge in [0.15, 0.2) is 0 Å². The Labute approximate surface area is 188 Å². The van der Waals surface area contributed by atoms with Gasteiger partial charge in [0.1, 0.15) is 23.0 Å². The molecule has 0 saturated heterocycles. The van der Waals surface area contributed by atoms with E-state index in [1.807, 2.05) is 103 Å². The van der Waals surface area contributed by atoms with Gasteiger partial charge in [-0.05, 0) is 31.5 Å². The molecule has 0 aliphatic carbocycles. The van der Waals surface area contributed by atoms with Gasteiger partial charge < -0.3 is 14.6 Å². The van der Waals surface area contributed by atoms with Crippen molar-refractivity contribution in [3.63, 3.8) is 0 Å². The van der Waals surface area contributed by atoms with Gasteiger partial charge in [-0.15, -0.1) is 0 Å². The summed E-state index contributed by atoms with van der Waals surface area (Å²) in [5.41, 5.74) is 4.04. The molecule has 32 heavy (non-hydrogen) atoms. The number of carbonyl (C=O) groups is 1. The number of aromatic nitrogens is 2. The molecule has 0 saturated carbocycles. The zero-order chi connectivity index (χ0) is 22.5. The molecule has 5 nitrogen and oxygen atoms in total. The Bertz CT molecular complexity index is 1200. The summed E-state index contributed by atoms with van der Waals surface area (Å²) < 4.78 is 7.40. The average molecular weight is 426 g/mol. The first-order chi connectivity index (χ1) is 15.6. The summed E-state index contributed by atoms with van der Waals surface area (Å²) in [6, 6.07) is 27.4. The van der Waals surface area contributed by atoms with Gasteiger partial charge in [0.25, 0.3) is 5.91 Å². The molecular formula is C27H27N3O2. The molecule has 0 unspecified atom stereocenters. The minimum absolute atomic E-state index is 0.137. The highest BCUT2D eigenvalue weighted by atomic mass is 16.5. The average Bonchev–Trinajstić information content (AvgIpc) is 3.25. The molecule has 0 bridgehead atoms. The third-order valence-electron chi connectivity index (χ3n) is 5.52. The highest BCUT2D eigenvalue weighted by molar-refractivity contribution is 6.00. The summed E-state index contributed by atoms with van der Waals surface area (Å²) >= 11 is 0. The zero-order valence-electron chi connectivity index (χ0n) is 18.6. The number of benzene rings is 3. The van der Waals surface area contributed by atoms with E-state index in [4.69, 9.17) is 9.72 Å². The van der Waals surface area contributed by atoms with E-state index in [-0.39, 0.29) is 11.9 Å². The van der Waals surface area contributed by atoms with Crippen molar-refractivity contribution in [2.24, 2.45) is 0 Å². The molecule has 1 atom stereocenters. The fraction of sp³-hybridized carbons (Fsp3) is 0.185. The van der Waals surface area contributed by atoms with Crippen LogP contribution in [0.25, 0.3) is 22.6 Å². The normalized spacial score (nSPS) is 11.7. The molecule has 1 N–H and O–H groups in total.